The van der Waals surface area contributed by atoms with Gasteiger partial charge in [-0.2, -0.15) is 5.26 Å². The number of nitriles is 1. The van der Waals surface area contributed by atoms with Crippen molar-refractivity contribution in [2.24, 2.45) is 0 Å². The minimum atomic E-state index is -3.01. The van der Waals surface area contributed by atoms with E-state index in [-0.39, 0.29) is 11.8 Å². The number of halogens is 2. The molecule has 1 rings (SSSR count). The average Bonchev–Trinajstić information content (AvgIpc) is 2.26. The van der Waals surface area contributed by atoms with E-state index in [4.69, 9.17) is 10.4 Å². The van der Waals surface area contributed by atoms with Gasteiger partial charge < -0.3 is 5.11 Å². The lowest BCUT2D eigenvalue weighted by molar-refractivity contribution is 0.0696. The van der Waals surface area contributed by atoms with E-state index in [0.29, 0.717) is 6.07 Å². The molecule has 0 aliphatic heterocycles. The number of carbonyl (C=O) groups excluding carboxylic acids is 1. The van der Waals surface area contributed by atoms with Crippen molar-refractivity contribution in [3.8, 4) is 6.07 Å². The van der Waals surface area contributed by atoms with Gasteiger partial charge in [0.2, 0.25) is 0 Å². The summed E-state index contributed by atoms with van der Waals surface area (Å²) in [7, 11) is 0. The van der Waals surface area contributed by atoms with Crippen LogP contribution >= 0.6 is 0 Å². The Labute approximate surface area is 88.7 Å². The maximum Gasteiger partial charge on any atom is 0.335 e. The van der Waals surface area contributed by atoms with Gasteiger partial charge >= 0.3 is 5.97 Å². The highest BCUT2D eigenvalue weighted by Crippen LogP contribution is 2.26. The molecule has 0 unspecified atom stereocenters. The van der Waals surface area contributed by atoms with Crippen molar-refractivity contribution in [3.05, 3.63) is 34.4 Å². The average molecular weight is 225 g/mol. The van der Waals surface area contributed by atoms with Crippen molar-refractivity contribution in [2.75, 3.05) is 0 Å². The highest BCUT2D eigenvalue weighted by Gasteiger charge is 2.19. The number of hydrogen-bond donors (Lipinski definition) is 1. The molecule has 0 radical (unpaired) electrons. The molecule has 1 aromatic carbocycles. The summed E-state index contributed by atoms with van der Waals surface area (Å²) < 4.78 is 25.0. The van der Waals surface area contributed by atoms with E-state index in [0.717, 1.165) is 6.07 Å². The number of carboxylic acid groups (broad SMARTS) is 1. The van der Waals surface area contributed by atoms with Crippen molar-refractivity contribution in [1.29, 1.82) is 5.26 Å². The second-order valence-electron chi connectivity index (χ2n) is 2.87. The van der Waals surface area contributed by atoms with Crippen LogP contribution in [-0.2, 0) is 0 Å². The first-order chi connectivity index (χ1) is 7.51. The number of alkyl halides is 2. The highest BCUT2D eigenvalue weighted by molar-refractivity contribution is 5.92. The Morgan fingerprint density at radius 1 is 1.50 bits per heavy atom. The molecule has 0 aromatic heterocycles. The van der Waals surface area contributed by atoms with Crippen molar-refractivity contribution < 1.29 is 23.5 Å². The van der Waals surface area contributed by atoms with E-state index >= 15 is 0 Å². The molecule has 6 heteroatoms. The summed E-state index contributed by atoms with van der Waals surface area (Å²) in [4.78, 5) is 21.1. The maximum absolute atomic E-state index is 12.5. The fraction of sp³-hybridized carbons (Fsp3) is 0.100. The van der Waals surface area contributed by atoms with Gasteiger partial charge in [0.05, 0.1) is 11.1 Å². The predicted molar refractivity (Wildman–Crippen MR) is 48.5 cm³/mol. The third kappa shape index (κ3) is 2.03. The van der Waals surface area contributed by atoms with Crippen LogP contribution in [0.4, 0.5) is 8.78 Å². The van der Waals surface area contributed by atoms with E-state index in [1.807, 2.05) is 0 Å². The molecule has 0 amide bonds. The Bertz CT molecular complexity index is 492. The number of rotatable bonds is 3. The van der Waals surface area contributed by atoms with Crippen LogP contribution in [0.3, 0.4) is 0 Å². The summed E-state index contributed by atoms with van der Waals surface area (Å²) in [5.74, 6) is -1.44. The fourth-order valence-corrected chi connectivity index (χ4v) is 1.21. The first-order valence-corrected chi connectivity index (χ1v) is 4.06. The first kappa shape index (κ1) is 11.8. The van der Waals surface area contributed by atoms with Crippen LogP contribution < -0.4 is 0 Å². The van der Waals surface area contributed by atoms with Crippen molar-refractivity contribution in [2.45, 2.75) is 6.43 Å². The zero-order valence-electron chi connectivity index (χ0n) is 7.78. The first-order valence-electron chi connectivity index (χ1n) is 4.06. The predicted octanol–water partition coefficient (Wildman–Crippen LogP) is 2.01. The molecule has 0 saturated heterocycles. The third-order valence-corrected chi connectivity index (χ3v) is 1.92. The van der Waals surface area contributed by atoms with Crippen molar-refractivity contribution in [1.82, 2.24) is 0 Å². The normalized spacial score (nSPS) is 9.88. The summed E-state index contributed by atoms with van der Waals surface area (Å²) in [6.45, 7) is 0. The molecule has 82 valence electrons. The van der Waals surface area contributed by atoms with E-state index in [2.05, 4.69) is 0 Å². The number of benzene rings is 1. The van der Waals surface area contributed by atoms with E-state index < -0.39 is 29.1 Å². The lowest BCUT2D eigenvalue weighted by Crippen LogP contribution is -2.04. The summed E-state index contributed by atoms with van der Waals surface area (Å²) in [6, 6.07) is 3.04. The molecule has 0 saturated carbocycles. The van der Waals surface area contributed by atoms with Gasteiger partial charge in [-0.15, -0.1) is 0 Å². The summed E-state index contributed by atoms with van der Waals surface area (Å²) >= 11 is 0. The van der Waals surface area contributed by atoms with E-state index in [1.165, 1.54) is 6.07 Å². The number of nitrogens with zero attached hydrogens (tertiary/aromatic N) is 1. The molecule has 0 aliphatic rings. The van der Waals surface area contributed by atoms with Crippen molar-refractivity contribution >= 4 is 12.3 Å². The molecule has 0 aliphatic carbocycles. The van der Waals surface area contributed by atoms with E-state index in [1.54, 1.807) is 0 Å². The largest absolute Gasteiger partial charge is 0.478 e. The van der Waals surface area contributed by atoms with Gasteiger partial charge in [-0.1, -0.05) is 0 Å². The number of aromatic carboxylic acids is 1. The van der Waals surface area contributed by atoms with Crippen LogP contribution in [0.25, 0.3) is 0 Å². The smallest absolute Gasteiger partial charge is 0.335 e. The van der Waals surface area contributed by atoms with Gasteiger partial charge in [-0.05, 0) is 12.1 Å². The van der Waals surface area contributed by atoms with Gasteiger partial charge in [0.1, 0.15) is 6.07 Å². The molecule has 0 bridgehead atoms. The topological polar surface area (TPSA) is 78.2 Å². The molecule has 1 N–H and O–H groups in total. The second-order valence-corrected chi connectivity index (χ2v) is 2.87. The Morgan fingerprint density at radius 3 is 2.50 bits per heavy atom. The quantitative estimate of drug-likeness (QED) is 0.798. The number of aldehydes is 1. The zero-order chi connectivity index (χ0) is 12.3. The Balaban J connectivity index is 3.57. The molecule has 4 nitrogen and oxygen atoms in total. The summed E-state index contributed by atoms with van der Waals surface area (Å²) in [5.41, 5.74) is -2.03. The summed E-state index contributed by atoms with van der Waals surface area (Å²) in [6.07, 6.45) is -2.83. The molecule has 1 aromatic rings. The van der Waals surface area contributed by atoms with Gasteiger partial charge in [0.15, 0.2) is 6.29 Å². The lowest BCUT2D eigenvalue weighted by Gasteiger charge is -2.06. The zero-order valence-corrected chi connectivity index (χ0v) is 7.78. The minimum absolute atomic E-state index is 0.177. The number of carboxylic acids is 1. The lowest BCUT2D eigenvalue weighted by atomic mass is 9.99. The molecular formula is C10H5F2NO3. The third-order valence-electron chi connectivity index (χ3n) is 1.92. The fourth-order valence-electron chi connectivity index (χ4n) is 1.21. The van der Waals surface area contributed by atoms with Crippen molar-refractivity contribution in [3.63, 3.8) is 0 Å². The SMILES string of the molecule is N#Cc1c(C=O)cc(C(=O)O)cc1C(F)F. The second kappa shape index (κ2) is 4.49. The van der Waals surface area contributed by atoms with Crippen LogP contribution in [-0.4, -0.2) is 17.4 Å². The molecule has 0 atom stereocenters. The molecule has 16 heavy (non-hydrogen) atoms. The Hall–Kier alpha value is -2.29. The van der Waals surface area contributed by atoms with Gasteiger partial charge in [-0.25, -0.2) is 13.6 Å². The van der Waals surface area contributed by atoms with Crippen LogP contribution in [0.1, 0.15) is 38.3 Å². The molecule has 0 spiro atoms. The minimum Gasteiger partial charge on any atom is -0.478 e. The van der Waals surface area contributed by atoms with Crippen LogP contribution in [0.2, 0.25) is 0 Å². The summed E-state index contributed by atoms with van der Waals surface area (Å²) in [5, 5.41) is 17.2. The van der Waals surface area contributed by atoms with Gasteiger partial charge in [0.25, 0.3) is 6.43 Å². The Morgan fingerprint density at radius 2 is 2.12 bits per heavy atom. The monoisotopic (exact) mass is 225 g/mol. The van der Waals surface area contributed by atoms with Crippen LogP contribution in [0.5, 0.6) is 0 Å². The van der Waals surface area contributed by atoms with E-state index in [9.17, 15) is 18.4 Å². The molecule has 0 heterocycles. The number of carbonyl (C=O) groups is 2. The molecular weight excluding hydrogens is 220 g/mol. The van der Waals surface area contributed by atoms with Gasteiger partial charge in [0, 0.05) is 11.1 Å². The Kier molecular flexibility index (Phi) is 3.30. The van der Waals surface area contributed by atoms with Crippen LogP contribution in [0, 0.1) is 11.3 Å². The van der Waals surface area contributed by atoms with Gasteiger partial charge in [-0.3, -0.25) is 4.79 Å². The standard InChI is InChI=1S/C10H5F2NO3/c11-9(12)7-2-5(10(15)16)1-6(4-14)8(7)3-13/h1-2,4,9H,(H,15,16). The highest BCUT2D eigenvalue weighted by atomic mass is 19.3. The maximum atomic E-state index is 12.5. The van der Waals surface area contributed by atoms with Crippen LogP contribution in [0.15, 0.2) is 12.1 Å². The molecule has 0 fully saturated rings. The number of hydrogen-bond acceptors (Lipinski definition) is 3.